The van der Waals surface area contributed by atoms with Gasteiger partial charge >= 0.3 is 6.03 Å². The molecule has 9 rings (SSSR count). The first-order valence-corrected chi connectivity index (χ1v) is 31.2. The van der Waals surface area contributed by atoms with E-state index in [2.05, 4.69) is 274 Å². The number of carbonyl (C=O) groups excluding carboxylic acids is 1. The Hall–Kier alpha value is -5.27. The summed E-state index contributed by atoms with van der Waals surface area (Å²) in [7, 11) is 0. The summed E-state index contributed by atoms with van der Waals surface area (Å²) in [5, 5.41) is 4.14. The number of likely N-dealkylation sites (tertiary alicyclic amines) is 1. The Kier molecular flexibility index (Phi) is 28.3. The van der Waals surface area contributed by atoms with Gasteiger partial charge in [-0.3, -0.25) is 14.9 Å². The van der Waals surface area contributed by atoms with E-state index in [1.165, 1.54) is 91.2 Å². The van der Waals surface area contributed by atoms with E-state index >= 15 is 0 Å². The molecule has 3 aromatic heterocycles. The third-order valence-electron chi connectivity index (χ3n) is 15.0. The van der Waals surface area contributed by atoms with Gasteiger partial charge in [0.05, 0.1) is 0 Å². The zero-order valence-corrected chi connectivity index (χ0v) is 56.0. The number of urea groups is 1. The highest BCUT2D eigenvalue weighted by Gasteiger charge is 2.27. The lowest BCUT2D eigenvalue weighted by molar-refractivity contribution is 0.162. The summed E-state index contributed by atoms with van der Waals surface area (Å²) >= 11 is 0. The van der Waals surface area contributed by atoms with Crippen molar-refractivity contribution in [2.75, 3.05) is 32.7 Å². The minimum Gasteiger partial charge on any atom is -0.361 e. The third-order valence-corrected chi connectivity index (χ3v) is 15.0. The van der Waals surface area contributed by atoms with Gasteiger partial charge in [-0.15, -0.1) is 0 Å². The maximum Gasteiger partial charge on any atom is 0.317 e. The van der Waals surface area contributed by atoms with E-state index in [9.17, 15) is 4.79 Å². The molecule has 3 aliphatic rings. The lowest BCUT2D eigenvalue weighted by atomic mass is 9.83. The number of rotatable bonds is 7. The van der Waals surface area contributed by atoms with Gasteiger partial charge in [-0.1, -0.05) is 237 Å². The lowest BCUT2D eigenvalue weighted by Gasteiger charge is -2.33. The fourth-order valence-electron chi connectivity index (χ4n) is 9.63. The molecule has 82 heavy (non-hydrogen) atoms. The van der Waals surface area contributed by atoms with E-state index in [4.69, 9.17) is 0 Å². The number of fused-ring (bicyclic) bond motifs is 1. The minimum absolute atomic E-state index is 0.0965. The molecule has 2 aliphatic heterocycles. The average molecular weight is 1120 g/mol. The summed E-state index contributed by atoms with van der Waals surface area (Å²) < 4.78 is 0. The van der Waals surface area contributed by atoms with Crippen molar-refractivity contribution in [2.45, 2.75) is 225 Å². The third kappa shape index (κ3) is 30.9. The van der Waals surface area contributed by atoms with Crippen molar-refractivity contribution in [3.63, 3.8) is 0 Å². The van der Waals surface area contributed by atoms with Crippen LogP contribution in [0.25, 0.3) is 10.9 Å². The van der Waals surface area contributed by atoms with Crippen molar-refractivity contribution in [1.82, 2.24) is 30.1 Å². The maximum atomic E-state index is 11.1. The predicted molar refractivity (Wildman–Crippen MR) is 357 cm³/mol. The smallest absolute Gasteiger partial charge is 0.317 e. The second-order valence-electron chi connectivity index (χ2n) is 31.1. The van der Waals surface area contributed by atoms with Crippen LogP contribution in [0.15, 0.2) is 140 Å². The fraction of sp³-hybridized carbons (Fsp3) is 0.587. The van der Waals surface area contributed by atoms with Crippen molar-refractivity contribution in [1.29, 1.82) is 0 Å². The number of amides is 2. The summed E-state index contributed by atoms with van der Waals surface area (Å²) in [5.41, 5.74) is 10.3. The number of hydrogen-bond donors (Lipinski definition) is 2. The Morgan fingerprint density at radius 1 is 0.500 bits per heavy atom. The molecular weight excluding hydrogens is 1000 g/mol. The van der Waals surface area contributed by atoms with Crippen LogP contribution < -0.4 is 5.32 Å². The number of benzene rings is 3. The van der Waals surface area contributed by atoms with E-state index < -0.39 is 0 Å². The average Bonchev–Trinajstić information content (AvgIpc) is 3.95. The predicted octanol–water partition coefficient (Wildman–Crippen LogP) is 20.2. The number of carbonyl (C=O) groups is 1. The molecule has 0 radical (unpaired) electrons. The first-order valence-electron chi connectivity index (χ1n) is 31.2. The van der Waals surface area contributed by atoms with Gasteiger partial charge in [0.25, 0.3) is 0 Å². The molecule has 2 N–H and O–H groups in total. The Bertz CT molecular complexity index is 2500. The first-order chi connectivity index (χ1) is 38.0. The van der Waals surface area contributed by atoms with Crippen LogP contribution in [0.3, 0.4) is 0 Å². The van der Waals surface area contributed by atoms with Gasteiger partial charge in [-0.05, 0) is 155 Å². The second kappa shape index (κ2) is 32.7. The highest BCUT2D eigenvalue weighted by Crippen LogP contribution is 2.39. The lowest BCUT2D eigenvalue weighted by Crippen LogP contribution is -2.33. The van der Waals surface area contributed by atoms with Crippen LogP contribution in [0.4, 0.5) is 4.79 Å². The zero-order chi connectivity index (χ0) is 61.4. The maximum absolute atomic E-state index is 11.1. The van der Waals surface area contributed by atoms with Crippen LogP contribution in [0, 0.1) is 28.1 Å². The Labute approximate surface area is 503 Å². The normalized spacial score (nSPS) is 15.2. The van der Waals surface area contributed by atoms with Crippen molar-refractivity contribution in [3.8, 4) is 0 Å². The topological polar surface area (TPSA) is 77.1 Å². The minimum atomic E-state index is 0.0965. The highest BCUT2D eigenvalue weighted by molar-refractivity contribution is 5.83. The molecule has 1 saturated carbocycles. The molecule has 1 aliphatic carbocycles. The molecule has 6 aromatic rings. The Balaban J connectivity index is 0.000000255. The summed E-state index contributed by atoms with van der Waals surface area (Å²) in [6, 6.07) is 40.2. The zero-order valence-electron chi connectivity index (χ0n) is 56.0. The van der Waals surface area contributed by atoms with Crippen LogP contribution >= 0.6 is 0 Å². The Morgan fingerprint density at radius 3 is 1.46 bits per heavy atom. The van der Waals surface area contributed by atoms with Crippen LogP contribution in [0.1, 0.15) is 225 Å². The number of H-pyrrole nitrogens is 1. The molecule has 2 amide bonds. The van der Waals surface area contributed by atoms with Crippen molar-refractivity contribution in [2.24, 2.45) is 28.1 Å². The molecule has 5 heterocycles. The molecule has 3 fully saturated rings. The summed E-state index contributed by atoms with van der Waals surface area (Å²) in [4.78, 5) is 27.0. The number of pyridine rings is 2. The molecule has 0 spiro atoms. The second-order valence-corrected chi connectivity index (χ2v) is 31.1. The van der Waals surface area contributed by atoms with Crippen molar-refractivity contribution in [3.05, 3.63) is 168 Å². The molecule has 3 aromatic carbocycles. The monoisotopic (exact) mass is 1120 g/mol. The molecule has 0 unspecified atom stereocenters. The van der Waals surface area contributed by atoms with Crippen LogP contribution in [0.2, 0.25) is 0 Å². The van der Waals surface area contributed by atoms with E-state index in [1.807, 2.05) is 41.8 Å². The first kappa shape index (κ1) is 71.0. The van der Waals surface area contributed by atoms with Gasteiger partial charge in [0.15, 0.2) is 0 Å². The fourth-order valence-corrected chi connectivity index (χ4v) is 9.63. The number of piperidine rings is 1. The molecule has 0 atom stereocenters. The van der Waals surface area contributed by atoms with Crippen molar-refractivity contribution < 1.29 is 4.79 Å². The summed E-state index contributed by atoms with van der Waals surface area (Å²) in [5.74, 6) is 2.06. The molecule has 2 saturated heterocycles. The van der Waals surface area contributed by atoms with Gasteiger partial charge in [-0.25, -0.2) is 4.79 Å². The van der Waals surface area contributed by atoms with Gasteiger partial charge in [0.2, 0.25) is 0 Å². The largest absolute Gasteiger partial charge is 0.361 e. The molecule has 454 valence electrons. The van der Waals surface area contributed by atoms with Gasteiger partial charge in [0.1, 0.15) is 0 Å². The van der Waals surface area contributed by atoms with Crippen LogP contribution in [-0.2, 0) is 28.2 Å². The van der Waals surface area contributed by atoms with E-state index in [-0.39, 0.29) is 22.3 Å². The number of hydrogen-bond acceptors (Lipinski definition) is 4. The highest BCUT2D eigenvalue weighted by atomic mass is 16.2. The molecular formula is C75H118N6O. The number of nitrogens with one attached hydrogen (secondary N) is 2. The van der Waals surface area contributed by atoms with Gasteiger partial charge in [-0.2, -0.15) is 0 Å². The van der Waals surface area contributed by atoms with E-state index in [0.29, 0.717) is 21.7 Å². The molecule has 7 nitrogen and oxygen atoms in total. The molecule has 0 bridgehead atoms. The SMILES string of the molecule is CC(C)(C)CC1CC1.CC(C)(C)CCC1CCN(Cc2ccccc2)CC1.CC(C)(C)CCN1CCNC1=O.CC(C)(C)c1cccc2[nH]ccc12.CC(C)(C)c1ccccc1.CC(C)(C)c1ccccn1.CC(C)(C)c1ccncc1. The molecule has 7 heteroatoms. The van der Waals surface area contributed by atoms with Gasteiger partial charge < -0.3 is 15.2 Å². The van der Waals surface area contributed by atoms with Crippen LogP contribution in [-0.4, -0.2) is 63.5 Å². The van der Waals surface area contributed by atoms with Gasteiger partial charge in [0, 0.05) is 73.0 Å². The van der Waals surface area contributed by atoms with Crippen molar-refractivity contribution >= 4 is 16.9 Å². The Morgan fingerprint density at radius 2 is 1.05 bits per heavy atom. The summed E-state index contributed by atoms with van der Waals surface area (Å²) in [6.45, 7) is 53.4. The number of aromatic amines is 1. The quantitative estimate of drug-likeness (QED) is 0.167. The standard InChI is InChI=1S/C18H29N.C12H15N.C10H14.C9H18N2O.2C9H13N.C8H16/c1-18(2,3)12-9-16-10-13-19(14-11-16)15-17-7-5-4-6-8-17;1-12(2,3)10-5-4-6-11-9(10)7-8-13-11;1-10(2,3)9-7-5-4-6-8-9;1-9(2,3)4-6-11-7-5-10-8(11)12;1-9(2,3)8-4-6-10-7-5-8;1-9(2,3)8-6-4-5-7-10-8;1-8(2,3)6-7-4-5-7/h4-8,16H,9-15H2,1-3H3;4-8,13H,1-3H3;4-8H,1-3H3;4-7H2,1-3H3,(H,10,12);2*4-7H,1-3H3;7H,4-6H2,1-3H3. The number of aromatic nitrogens is 3. The summed E-state index contributed by atoms with van der Waals surface area (Å²) in [6.07, 6.45) is 18.6. The van der Waals surface area contributed by atoms with E-state index in [1.54, 1.807) is 0 Å². The van der Waals surface area contributed by atoms with Crippen LogP contribution in [0.5, 0.6) is 0 Å². The number of nitrogens with zero attached hydrogens (tertiary/aromatic N) is 4. The van der Waals surface area contributed by atoms with E-state index in [0.717, 1.165) is 50.1 Å².